The third-order valence-electron chi connectivity index (χ3n) is 4.98. The van der Waals surface area contributed by atoms with Gasteiger partial charge in [0, 0.05) is 18.7 Å². The number of ether oxygens (including phenoxy) is 1. The van der Waals surface area contributed by atoms with E-state index in [0.29, 0.717) is 47.1 Å². The van der Waals surface area contributed by atoms with Crippen LogP contribution >= 0.6 is 11.3 Å². The number of nitrogens with one attached hydrogen (secondary N) is 1. The fourth-order valence-electron chi connectivity index (χ4n) is 3.45. The van der Waals surface area contributed by atoms with E-state index in [-0.39, 0.29) is 11.5 Å². The van der Waals surface area contributed by atoms with Gasteiger partial charge < -0.3 is 15.2 Å². The summed E-state index contributed by atoms with van der Waals surface area (Å²) in [6.07, 6.45) is -0.722. The molecule has 0 saturated carbocycles. The van der Waals surface area contributed by atoms with Gasteiger partial charge in [-0.25, -0.2) is 4.79 Å². The first kappa shape index (κ1) is 20.2. The Morgan fingerprint density at radius 2 is 2.10 bits per heavy atom. The Kier molecular flexibility index (Phi) is 5.38. The van der Waals surface area contributed by atoms with E-state index in [9.17, 15) is 23.1 Å². The van der Waals surface area contributed by atoms with Gasteiger partial charge in [-0.1, -0.05) is 12.1 Å². The maximum absolute atomic E-state index is 12.9. The van der Waals surface area contributed by atoms with Crippen LogP contribution in [-0.2, 0) is 6.18 Å². The molecule has 30 heavy (non-hydrogen) atoms. The molecule has 9 heteroatoms. The minimum Gasteiger partial charge on any atom is -0.493 e. The summed E-state index contributed by atoms with van der Waals surface area (Å²) in [6.45, 7) is 0.956. The van der Waals surface area contributed by atoms with Crippen LogP contribution in [0.15, 0.2) is 48.1 Å². The Morgan fingerprint density at radius 1 is 1.27 bits per heavy atom. The lowest BCUT2D eigenvalue weighted by atomic mass is 9.91. The average molecular weight is 434 g/mol. The Labute approximate surface area is 174 Å². The lowest BCUT2D eigenvalue weighted by Crippen LogP contribution is -2.21. The third-order valence-corrected chi connectivity index (χ3v) is 5.95. The number of halogens is 3. The molecule has 3 heterocycles. The fourth-order valence-corrected chi connectivity index (χ4v) is 4.23. The quantitative estimate of drug-likeness (QED) is 0.554. The highest BCUT2D eigenvalue weighted by Crippen LogP contribution is 2.40. The van der Waals surface area contributed by atoms with Gasteiger partial charge in [0.25, 0.3) is 0 Å². The van der Waals surface area contributed by atoms with Crippen LogP contribution in [0, 0.1) is 0 Å². The van der Waals surface area contributed by atoms with Crippen LogP contribution in [0.25, 0.3) is 11.1 Å². The maximum Gasteiger partial charge on any atom is 0.425 e. The standard InChI is InChI=1S/C21H17F3N2O3S/c22-21(23,24)19-8-14(11-30-19)12-1-2-15-13(4-6-29-18(15)7-12)9-26-17-10-25-5-3-16(17)20(27)28/h1-3,5,7-8,10-11,13,26H,4,6,9H2,(H,27,28). The molecule has 1 aromatic carbocycles. The second-order valence-electron chi connectivity index (χ2n) is 6.89. The minimum atomic E-state index is -4.36. The molecule has 1 aliphatic rings. The number of fused-ring (bicyclic) bond motifs is 1. The number of carboxylic acids is 1. The summed E-state index contributed by atoms with van der Waals surface area (Å²) < 4.78 is 44.4. The van der Waals surface area contributed by atoms with E-state index in [4.69, 9.17) is 4.74 Å². The zero-order valence-electron chi connectivity index (χ0n) is 15.6. The molecule has 3 aromatic rings. The van der Waals surface area contributed by atoms with Crippen LogP contribution in [0.3, 0.4) is 0 Å². The average Bonchev–Trinajstić information content (AvgIpc) is 3.23. The van der Waals surface area contributed by atoms with Gasteiger partial charge in [-0.15, -0.1) is 11.3 Å². The molecule has 0 amide bonds. The Balaban J connectivity index is 1.54. The number of hydrogen-bond donors (Lipinski definition) is 2. The molecule has 1 aliphatic heterocycles. The first-order valence-electron chi connectivity index (χ1n) is 9.17. The summed E-state index contributed by atoms with van der Waals surface area (Å²) in [7, 11) is 0. The molecule has 2 N–H and O–H groups in total. The van der Waals surface area contributed by atoms with E-state index < -0.39 is 17.0 Å². The molecule has 1 atom stereocenters. The van der Waals surface area contributed by atoms with Crippen molar-refractivity contribution >= 4 is 23.0 Å². The van der Waals surface area contributed by atoms with Gasteiger partial charge in [0.05, 0.1) is 24.1 Å². The predicted molar refractivity (Wildman–Crippen MR) is 107 cm³/mol. The summed E-state index contributed by atoms with van der Waals surface area (Å²) in [5.74, 6) is -0.335. The van der Waals surface area contributed by atoms with Crippen molar-refractivity contribution in [1.29, 1.82) is 0 Å². The molecule has 1 unspecified atom stereocenters. The van der Waals surface area contributed by atoms with Gasteiger partial charge in [0.15, 0.2) is 0 Å². The number of hydrogen-bond acceptors (Lipinski definition) is 5. The second kappa shape index (κ2) is 7.98. The number of pyridine rings is 1. The van der Waals surface area contributed by atoms with Gasteiger partial charge >= 0.3 is 12.1 Å². The van der Waals surface area contributed by atoms with Crippen molar-refractivity contribution in [3.8, 4) is 16.9 Å². The monoisotopic (exact) mass is 434 g/mol. The normalized spacial score (nSPS) is 15.9. The summed E-state index contributed by atoms with van der Waals surface area (Å²) in [5.41, 5.74) is 2.68. The van der Waals surface area contributed by atoms with Crippen LogP contribution in [0.5, 0.6) is 5.75 Å². The van der Waals surface area contributed by atoms with Crippen LogP contribution < -0.4 is 10.1 Å². The van der Waals surface area contributed by atoms with Gasteiger partial charge in [-0.3, -0.25) is 4.98 Å². The SMILES string of the molecule is O=C(O)c1ccncc1NCC1CCOc2cc(-c3csc(C(F)(F)F)c3)ccc21. The Morgan fingerprint density at radius 3 is 2.83 bits per heavy atom. The molecule has 5 nitrogen and oxygen atoms in total. The van der Waals surface area contributed by atoms with Gasteiger partial charge in [0.2, 0.25) is 0 Å². The Hall–Kier alpha value is -3.07. The number of thiophene rings is 1. The predicted octanol–water partition coefficient (Wildman–Crippen LogP) is 5.51. The second-order valence-corrected chi connectivity index (χ2v) is 7.80. The molecule has 0 radical (unpaired) electrons. The van der Waals surface area contributed by atoms with Crippen LogP contribution in [0.4, 0.5) is 18.9 Å². The molecule has 156 valence electrons. The van der Waals surface area contributed by atoms with Crippen molar-refractivity contribution in [1.82, 2.24) is 4.98 Å². The molecule has 0 aliphatic carbocycles. The number of benzene rings is 1. The molecule has 0 fully saturated rings. The van der Waals surface area contributed by atoms with Gasteiger partial charge in [-0.2, -0.15) is 13.2 Å². The van der Waals surface area contributed by atoms with E-state index in [2.05, 4.69) is 10.3 Å². The first-order chi connectivity index (χ1) is 14.3. The van der Waals surface area contributed by atoms with E-state index >= 15 is 0 Å². The molecule has 2 aromatic heterocycles. The van der Waals surface area contributed by atoms with Crippen molar-refractivity contribution < 1.29 is 27.8 Å². The van der Waals surface area contributed by atoms with Gasteiger partial charge in [0.1, 0.15) is 10.6 Å². The number of aromatic carboxylic acids is 1. The van der Waals surface area contributed by atoms with Crippen molar-refractivity contribution in [3.63, 3.8) is 0 Å². The summed E-state index contributed by atoms with van der Waals surface area (Å²) in [4.78, 5) is 14.7. The number of nitrogens with zero attached hydrogens (tertiary/aromatic N) is 1. The lowest BCUT2D eigenvalue weighted by Gasteiger charge is -2.27. The van der Waals surface area contributed by atoms with Crippen LogP contribution in [0.2, 0.25) is 0 Å². The number of aromatic nitrogens is 1. The lowest BCUT2D eigenvalue weighted by molar-refractivity contribution is -0.134. The van der Waals surface area contributed by atoms with Crippen molar-refractivity contribution in [2.24, 2.45) is 0 Å². The molecule has 0 saturated heterocycles. The van der Waals surface area contributed by atoms with E-state index in [1.54, 1.807) is 12.1 Å². The van der Waals surface area contributed by atoms with Crippen molar-refractivity contribution in [2.45, 2.75) is 18.5 Å². The number of carboxylic acid groups (broad SMARTS) is 1. The highest BCUT2D eigenvalue weighted by molar-refractivity contribution is 7.10. The largest absolute Gasteiger partial charge is 0.493 e. The maximum atomic E-state index is 12.9. The highest BCUT2D eigenvalue weighted by Gasteiger charge is 2.32. The zero-order chi connectivity index (χ0) is 21.3. The zero-order valence-corrected chi connectivity index (χ0v) is 16.4. The number of carbonyl (C=O) groups is 1. The smallest absolute Gasteiger partial charge is 0.425 e. The molecule has 4 rings (SSSR count). The molecular weight excluding hydrogens is 417 g/mol. The summed E-state index contributed by atoms with van der Waals surface area (Å²) in [5, 5.41) is 13.9. The Bertz CT molecular complexity index is 1080. The van der Waals surface area contributed by atoms with Crippen LogP contribution in [-0.4, -0.2) is 29.2 Å². The van der Waals surface area contributed by atoms with Crippen molar-refractivity contribution in [3.05, 3.63) is 64.1 Å². The van der Waals surface area contributed by atoms with Crippen LogP contribution in [0.1, 0.15) is 33.1 Å². The van der Waals surface area contributed by atoms with Crippen molar-refractivity contribution in [2.75, 3.05) is 18.5 Å². The highest BCUT2D eigenvalue weighted by atomic mass is 32.1. The summed E-state index contributed by atoms with van der Waals surface area (Å²) in [6, 6.07) is 7.99. The number of rotatable bonds is 5. The topological polar surface area (TPSA) is 71.5 Å². The third kappa shape index (κ3) is 4.11. The molecular formula is C21H17F3N2O3S. The van der Waals surface area contributed by atoms with Gasteiger partial charge in [-0.05, 0) is 46.7 Å². The summed E-state index contributed by atoms with van der Waals surface area (Å²) >= 11 is 0.669. The van der Waals surface area contributed by atoms with E-state index in [1.807, 2.05) is 6.07 Å². The molecule has 0 spiro atoms. The first-order valence-corrected chi connectivity index (χ1v) is 10.0. The van der Waals surface area contributed by atoms with E-state index in [1.165, 1.54) is 23.8 Å². The number of alkyl halides is 3. The minimum absolute atomic E-state index is 0.0675. The number of anilines is 1. The van der Waals surface area contributed by atoms with E-state index in [0.717, 1.165) is 18.1 Å². The fraction of sp³-hybridized carbons (Fsp3) is 0.238. The molecule has 0 bridgehead atoms.